The summed E-state index contributed by atoms with van der Waals surface area (Å²) in [7, 11) is 0. The number of hydrazine groups is 1. The highest BCUT2D eigenvalue weighted by Crippen LogP contribution is 2.19. The molecule has 0 aromatic heterocycles. The molecule has 2 aromatic carbocycles. The fraction of sp³-hybridized carbons (Fsp3) is 0.273. The van der Waals surface area contributed by atoms with Crippen molar-refractivity contribution in [3.63, 3.8) is 0 Å². The molecule has 3 amide bonds. The predicted molar refractivity (Wildman–Crippen MR) is 109 cm³/mol. The number of aryl methyl sites for hydroxylation is 2. The number of carbonyl (C=O) groups excluding carboxylic acids is 4. The molecule has 2 N–H and O–H groups in total. The summed E-state index contributed by atoms with van der Waals surface area (Å²) in [6.07, 6.45) is -0.0908. The van der Waals surface area contributed by atoms with Crippen LogP contribution in [0.15, 0.2) is 48.5 Å². The summed E-state index contributed by atoms with van der Waals surface area (Å²) in [6, 6.07) is 14.1. The van der Waals surface area contributed by atoms with Crippen LogP contribution in [0.2, 0.25) is 0 Å². The molecule has 0 unspecified atom stereocenters. The zero-order valence-electron chi connectivity index (χ0n) is 16.8. The monoisotopic (exact) mass is 409 g/mol. The molecule has 1 aliphatic rings. The van der Waals surface area contributed by atoms with Crippen molar-refractivity contribution in [3.05, 3.63) is 65.2 Å². The van der Waals surface area contributed by atoms with E-state index in [4.69, 9.17) is 4.74 Å². The van der Waals surface area contributed by atoms with Gasteiger partial charge in [0.2, 0.25) is 5.91 Å². The number of rotatable bonds is 6. The van der Waals surface area contributed by atoms with Crippen molar-refractivity contribution in [2.45, 2.75) is 20.3 Å². The molecular formula is C22H23N3O5. The third kappa shape index (κ3) is 5.22. The van der Waals surface area contributed by atoms with Crippen molar-refractivity contribution in [1.29, 1.82) is 0 Å². The number of nitrogens with zero attached hydrogens (tertiary/aromatic N) is 1. The Balaban J connectivity index is 1.49. The molecule has 1 saturated heterocycles. The van der Waals surface area contributed by atoms with Gasteiger partial charge in [-0.3, -0.25) is 29.6 Å². The second kappa shape index (κ2) is 9.21. The van der Waals surface area contributed by atoms with Crippen LogP contribution in [0.25, 0.3) is 0 Å². The van der Waals surface area contributed by atoms with Crippen molar-refractivity contribution >= 4 is 29.4 Å². The molecule has 3 rings (SSSR count). The molecule has 0 saturated carbocycles. The van der Waals surface area contributed by atoms with E-state index in [2.05, 4.69) is 10.7 Å². The van der Waals surface area contributed by atoms with Crippen molar-refractivity contribution in [3.8, 4) is 0 Å². The van der Waals surface area contributed by atoms with Crippen molar-refractivity contribution in [2.75, 3.05) is 18.5 Å². The minimum Gasteiger partial charge on any atom is -0.455 e. The minimum atomic E-state index is -0.748. The van der Waals surface area contributed by atoms with E-state index in [1.165, 1.54) is 0 Å². The molecule has 0 radical (unpaired) electrons. The third-order valence-electron chi connectivity index (χ3n) is 4.74. The van der Waals surface area contributed by atoms with Gasteiger partial charge in [-0.2, -0.15) is 0 Å². The maximum atomic E-state index is 12.3. The molecule has 156 valence electrons. The van der Waals surface area contributed by atoms with Crippen molar-refractivity contribution in [2.24, 2.45) is 5.92 Å². The predicted octanol–water partition coefficient (Wildman–Crippen LogP) is 1.98. The fourth-order valence-electron chi connectivity index (χ4n) is 3.06. The highest BCUT2D eigenvalue weighted by Gasteiger charge is 2.36. The summed E-state index contributed by atoms with van der Waals surface area (Å²) in [4.78, 5) is 48.7. The first-order valence-electron chi connectivity index (χ1n) is 9.53. The van der Waals surface area contributed by atoms with Crippen LogP contribution in [0.5, 0.6) is 0 Å². The van der Waals surface area contributed by atoms with Gasteiger partial charge >= 0.3 is 5.97 Å². The van der Waals surface area contributed by atoms with Gasteiger partial charge < -0.3 is 10.1 Å². The van der Waals surface area contributed by atoms with E-state index in [0.717, 1.165) is 16.1 Å². The number of nitrogens with one attached hydrogen (secondary N) is 2. The Morgan fingerprint density at radius 3 is 2.57 bits per heavy atom. The highest BCUT2D eigenvalue weighted by atomic mass is 16.5. The number of carbonyl (C=O) groups is 4. The lowest BCUT2D eigenvalue weighted by Gasteiger charge is -2.17. The molecule has 0 aliphatic carbocycles. The summed E-state index contributed by atoms with van der Waals surface area (Å²) in [5, 5.41) is 3.82. The molecule has 30 heavy (non-hydrogen) atoms. The Morgan fingerprint density at radius 2 is 1.83 bits per heavy atom. The molecule has 1 aliphatic heterocycles. The molecule has 1 heterocycles. The minimum absolute atomic E-state index is 0.00511. The zero-order chi connectivity index (χ0) is 21.7. The zero-order valence-corrected chi connectivity index (χ0v) is 16.8. The molecular weight excluding hydrogens is 386 g/mol. The standard InChI is InChI=1S/C22H23N3O5/c1-14-8-9-15(2)18(10-14)23-19(26)13-30-22(29)17-11-20(27)25(12-17)24-21(28)16-6-4-3-5-7-16/h3-10,17H,11-13H2,1-2H3,(H,23,26)(H,24,28)/t17-/m0/s1. The van der Waals surface area contributed by atoms with Gasteiger partial charge in [-0.05, 0) is 43.2 Å². The molecule has 1 fully saturated rings. The third-order valence-corrected chi connectivity index (χ3v) is 4.74. The summed E-state index contributed by atoms with van der Waals surface area (Å²) >= 11 is 0. The van der Waals surface area contributed by atoms with Gasteiger partial charge in [-0.15, -0.1) is 0 Å². The Kier molecular flexibility index (Phi) is 6.46. The number of amides is 3. The molecule has 0 bridgehead atoms. The fourth-order valence-corrected chi connectivity index (χ4v) is 3.06. The first-order valence-corrected chi connectivity index (χ1v) is 9.53. The maximum Gasteiger partial charge on any atom is 0.311 e. The lowest BCUT2D eigenvalue weighted by Crippen LogP contribution is -2.43. The SMILES string of the molecule is Cc1ccc(C)c(NC(=O)COC(=O)[C@H]2CC(=O)N(NC(=O)c3ccccc3)C2)c1. The summed E-state index contributed by atoms with van der Waals surface area (Å²) in [5.41, 5.74) is 5.44. The molecule has 8 nitrogen and oxygen atoms in total. The van der Waals surface area contributed by atoms with Gasteiger partial charge in [0.15, 0.2) is 6.61 Å². The van der Waals surface area contributed by atoms with Crippen molar-refractivity contribution in [1.82, 2.24) is 10.4 Å². The lowest BCUT2D eigenvalue weighted by molar-refractivity contribution is -0.151. The van der Waals surface area contributed by atoms with E-state index in [1.807, 2.05) is 32.0 Å². The number of hydrogen-bond acceptors (Lipinski definition) is 5. The normalized spacial score (nSPS) is 15.6. The smallest absolute Gasteiger partial charge is 0.311 e. The Hall–Kier alpha value is -3.68. The maximum absolute atomic E-state index is 12.3. The second-order valence-electron chi connectivity index (χ2n) is 7.19. The highest BCUT2D eigenvalue weighted by molar-refractivity contribution is 5.97. The number of anilines is 1. The number of benzene rings is 2. The van der Waals surface area contributed by atoms with Crippen LogP contribution in [0, 0.1) is 19.8 Å². The molecule has 8 heteroatoms. The van der Waals surface area contributed by atoms with E-state index in [9.17, 15) is 19.2 Å². The average molecular weight is 409 g/mol. The largest absolute Gasteiger partial charge is 0.455 e. The van der Waals surface area contributed by atoms with Crippen LogP contribution >= 0.6 is 0 Å². The van der Waals surface area contributed by atoms with E-state index >= 15 is 0 Å². The summed E-state index contributed by atoms with van der Waals surface area (Å²) in [5.74, 6) is -2.69. The Bertz CT molecular complexity index is 974. The molecule has 0 spiro atoms. The van der Waals surface area contributed by atoms with E-state index in [0.29, 0.717) is 11.3 Å². The van der Waals surface area contributed by atoms with E-state index in [1.54, 1.807) is 30.3 Å². The van der Waals surface area contributed by atoms with Gasteiger partial charge in [-0.1, -0.05) is 30.3 Å². The second-order valence-corrected chi connectivity index (χ2v) is 7.19. The Morgan fingerprint density at radius 1 is 1.10 bits per heavy atom. The van der Waals surface area contributed by atoms with E-state index in [-0.39, 0.29) is 18.9 Å². The number of hydrogen-bond donors (Lipinski definition) is 2. The molecule has 2 aromatic rings. The first kappa shape index (κ1) is 21.0. The van der Waals surface area contributed by atoms with Crippen LogP contribution < -0.4 is 10.7 Å². The van der Waals surface area contributed by atoms with Crippen molar-refractivity contribution < 1.29 is 23.9 Å². The van der Waals surface area contributed by atoms with Crippen LogP contribution in [0.1, 0.15) is 27.9 Å². The first-order chi connectivity index (χ1) is 14.3. The van der Waals surface area contributed by atoms with Crippen LogP contribution in [-0.2, 0) is 19.1 Å². The molecule has 1 atom stereocenters. The Labute approximate surface area is 174 Å². The van der Waals surface area contributed by atoms with Gasteiger partial charge in [0.25, 0.3) is 11.8 Å². The lowest BCUT2D eigenvalue weighted by atomic mass is 10.1. The van der Waals surface area contributed by atoms with E-state index < -0.39 is 30.3 Å². The van der Waals surface area contributed by atoms with Gasteiger partial charge in [0.1, 0.15) is 0 Å². The van der Waals surface area contributed by atoms with Gasteiger partial charge in [-0.25, -0.2) is 0 Å². The van der Waals surface area contributed by atoms with Gasteiger partial charge in [0.05, 0.1) is 12.5 Å². The summed E-state index contributed by atoms with van der Waals surface area (Å²) < 4.78 is 5.07. The van der Waals surface area contributed by atoms with Crippen LogP contribution in [0.3, 0.4) is 0 Å². The van der Waals surface area contributed by atoms with Crippen LogP contribution in [-0.4, -0.2) is 41.9 Å². The number of ether oxygens (including phenoxy) is 1. The average Bonchev–Trinajstić information content (AvgIpc) is 3.10. The van der Waals surface area contributed by atoms with Crippen LogP contribution in [0.4, 0.5) is 5.69 Å². The summed E-state index contributed by atoms with van der Waals surface area (Å²) in [6.45, 7) is 3.32. The topological polar surface area (TPSA) is 105 Å². The quantitative estimate of drug-likeness (QED) is 0.710. The number of esters is 1. The van der Waals surface area contributed by atoms with Gasteiger partial charge in [0, 0.05) is 17.7 Å².